The molecular formula is C40H78O2. The van der Waals surface area contributed by atoms with Crippen LogP contribution in [0.1, 0.15) is 232 Å². The molecule has 2 heteroatoms. The zero-order valence-electron chi connectivity index (χ0n) is 29.2. The van der Waals surface area contributed by atoms with E-state index in [9.17, 15) is 4.79 Å². The SMILES string of the molecule is CCCCCCCC/C=C/CCCCCCCCCCCC(=O)OCCCCCCCCCCCCCCCCCC. The van der Waals surface area contributed by atoms with E-state index in [2.05, 4.69) is 26.0 Å². The van der Waals surface area contributed by atoms with Crippen molar-refractivity contribution in [2.75, 3.05) is 6.61 Å². The third-order valence-corrected chi connectivity index (χ3v) is 8.90. The van der Waals surface area contributed by atoms with Crippen molar-refractivity contribution in [2.24, 2.45) is 0 Å². The first kappa shape index (κ1) is 41.2. The normalized spacial score (nSPS) is 11.6. The van der Waals surface area contributed by atoms with Gasteiger partial charge < -0.3 is 4.74 Å². The smallest absolute Gasteiger partial charge is 0.305 e. The first-order chi connectivity index (χ1) is 20.8. The van der Waals surface area contributed by atoms with Crippen LogP contribution in [0.2, 0.25) is 0 Å². The van der Waals surface area contributed by atoms with Crippen molar-refractivity contribution >= 4 is 5.97 Å². The molecule has 0 unspecified atom stereocenters. The quantitative estimate of drug-likeness (QED) is 0.0412. The maximum Gasteiger partial charge on any atom is 0.305 e. The van der Waals surface area contributed by atoms with Crippen LogP contribution in [-0.2, 0) is 9.53 Å². The third kappa shape index (κ3) is 37.2. The molecule has 2 nitrogen and oxygen atoms in total. The van der Waals surface area contributed by atoms with Crippen LogP contribution in [0.15, 0.2) is 12.2 Å². The maximum absolute atomic E-state index is 12.0. The summed E-state index contributed by atoms with van der Waals surface area (Å²) in [5, 5.41) is 0. The van der Waals surface area contributed by atoms with Gasteiger partial charge in [0.15, 0.2) is 0 Å². The number of carbonyl (C=O) groups excluding carboxylic acids is 1. The fourth-order valence-corrected chi connectivity index (χ4v) is 5.96. The molecule has 0 saturated heterocycles. The van der Waals surface area contributed by atoms with Crippen LogP contribution in [0.5, 0.6) is 0 Å². The number of hydrogen-bond donors (Lipinski definition) is 0. The Morgan fingerprint density at radius 2 is 0.667 bits per heavy atom. The number of hydrogen-bond acceptors (Lipinski definition) is 2. The summed E-state index contributed by atoms with van der Waals surface area (Å²) in [6.07, 6.45) is 50.0. The molecule has 0 aliphatic rings. The summed E-state index contributed by atoms with van der Waals surface area (Å²) < 4.78 is 5.45. The van der Waals surface area contributed by atoms with E-state index in [0.29, 0.717) is 13.0 Å². The summed E-state index contributed by atoms with van der Waals surface area (Å²) >= 11 is 0. The second-order valence-corrected chi connectivity index (χ2v) is 13.3. The fourth-order valence-electron chi connectivity index (χ4n) is 5.96. The molecule has 0 rings (SSSR count). The van der Waals surface area contributed by atoms with Crippen LogP contribution in [-0.4, -0.2) is 12.6 Å². The molecule has 0 aliphatic carbocycles. The van der Waals surface area contributed by atoms with E-state index in [1.807, 2.05) is 0 Å². The van der Waals surface area contributed by atoms with Gasteiger partial charge in [0.1, 0.15) is 0 Å². The van der Waals surface area contributed by atoms with Gasteiger partial charge >= 0.3 is 5.97 Å². The molecule has 42 heavy (non-hydrogen) atoms. The zero-order valence-corrected chi connectivity index (χ0v) is 29.2. The minimum atomic E-state index is 0.0250. The van der Waals surface area contributed by atoms with Gasteiger partial charge in [0.25, 0.3) is 0 Å². The number of carbonyl (C=O) groups is 1. The number of unbranched alkanes of at least 4 members (excludes halogenated alkanes) is 30. The molecular weight excluding hydrogens is 512 g/mol. The lowest BCUT2D eigenvalue weighted by Gasteiger charge is -2.06. The Balaban J connectivity index is 3.18. The van der Waals surface area contributed by atoms with E-state index in [1.54, 1.807) is 0 Å². The largest absolute Gasteiger partial charge is 0.466 e. The first-order valence-electron chi connectivity index (χ1n) is 19.6. The summed E-state index contributed by atoms with van der Waals surface area (Å²) in [7, 11) is 0. The van der Waals surface area contributed by atoms with Gasteiger partial charge in [-0.3, -0.25) is 4.79 Å². The molecule has 250 valence electrons. The minimum Gasteiger partial charge on any atom is -0.466 e. The molecule has 0 atom stereocenters. The highest BCUT2D eigenvalue weighted by Gasteiger charge is 2.03. The first-order valence-corrected chi connectivity index (χ1v) is 19.6. The molecule has 0 aromatic rings. The Morgan fingerprint density at radius 1 is 0.381 bits per heavy atom. The molecule has 0 saturated carbocycles. The Morgan fingerprint density at radius 3 is 1.02 bits per heavy atom. The van der Waals surface area contributed by atoms with E-state index >= 15 is 0 Å². The van der Waals surface area contributed by atoms with Crippen molar-refractivity contribution in [3.63, 3.8) is 0 Å². The molecule has 0 radical (unpaired) electrons. The van der Waals surface area contributed by atoms with Crippen molar-refractivity contribution in [1.29, 1.82) is 0 Å². The Labute approximate surface area is 266 Å². The van der Waals surface area contributed by atoms with E-state index < -0.39 is 0 Å². The molecule has 0 fully saturated rings. The molecule has 0 bridgehead atoms. The van der Waals surface area contributed by atoms with Crippen LogP contribution in [0.25, 0.3) is 0 Å². The average molecular weight is 591 g/mol. The van der Waals surface area contributed by atoms with Crippen LogP contribution in [0.3, 0.4) is 0 Å². The topological polar surface area (TPSA) is 26.3 Å². The molecule has 0 heterocycles. The third-order valence-electron chi connectivity index (χ3n) is 8.90. The van der Waals surface area contributed by atoms with Gasteiger partial charge in [0.05, 0.1) is 6.61 Å². The Bertz CT molecular complexity index is 526. The lowest BCUT2D eigenvalue weighted by atomic mass is 10.0. The highest BCUT2D eigenvalue weighted by molar-refractivity contribution is 5.69. The van der Waals surface area contributed by atoms with E-state index in [4.69, 9.17) is 4.74 Å². The van der Waals surface area contributed by atoms with Crippen LogP contribution < -0.4 is 0 Å². The predicted octanol–water partition coefficient (Wildman–Crippen LogP) is 14.4. The average Bonchev–Trinajstić information content (AvgIpc) is 3.00. The van der Waals surface area contributed by atoms with E-state index in [1.165, 1.54) is 199 Å². The summed E-state index contributed by atoms with van der Waals surface area (Å²) in [6.45, 7) is 5.21. The van der Waals surface area contributed by atoms with E-state index in [-0.39, 0.29) is 5.97 Å². The summed E-state index contributed by atoms with van der Waals surface area (Å²) in [5.41, 5.74) is 0. The lowest BCUT2D eigenvalue weighted by molar-refractivity contribution is -0.143. The van der Waals surface area contributed by atoms with Crippen molar-refractivity contribution in [1.82, 2.24) is 0 Å². The minimum absolute atomic E-state index is 0.0250. The van der Waals surface area contributed by atoms with Crippen LogP contribution >= 0.6 is 0 Å². The monoisotopic (exact) mass is 591 g/mol. The van der Waals surface area contributed by atoms with Gasteiger partial charge in [-0.15, -0.1) is 0 Å². The number of esters is 1. The standard InChI is InChI=1S/C40H78O2/c1-3-5-7-9-11-13-15-17-19-21-22-23-24-26-28-30-32-34-36-38-40(41)42-39-37-35-33-31-29-27-25-20-18-16-14-12-10-8-6-4-2/h17,19H,3-16,18,20-39H2,1-2H3/b19-17+. The van der Waals surface area contributed by atoms with Gasteiger partial charge in [-0.2, -0.15) is 0 Å². The van der Waals surface area contributed by atoms with Crippen LogP contribution in [0.4, 0.5) is 0 Å². The molecule has 0 amide bonds. The van der Waals surface area contributed by atoms with Crippen LogP contribution in [0, 0.1) is 0 Å². The van der Waals surface area contributed by atoms with Crippen molar-refractivity contribution in [3.05, 3.63) is 12.2 Å². The Kier molecular flexibility index (Phi) is 37.5. The highest BCUT2D eigenvalue weighted by atomic mass is 16.5. The molecule has 0 aromatic carbocycles. The lowest BCUT2D eigenvalue weighted by Crippen LogP contribution is -2.05. The van der Waals surface area contributed by atoms with Gasteiger partial charge in [-0.25, -0.2) is 0 Å². The van der Waals surface area contributed by atoms with Gasteiger partial charge in [-0.1, -0.05) is 199 Å². The number of rotatable bonds is 36. The van der Waals surface area contributed by atoms with Gasteiger partial charge in [-0.05, 0) is 38.5 Å². The van der Waals surface area contributed by atoms with Gasteiger partial charge in [0, 0.05) is 6.42 Å². The maximum atomic E-state index is 12.0. The fraction of sp³-hybridized carbons (Fsp3) is 0.925. The molecule has 0 aromatic heterocycles. The summed E-state index contributed by atoms with van der Waals surface area (Å²) in [4.78, 5) is 12.0. The second-order valence-electron chi connectivity index (χ2n) is 13.3. The number of ether oxygens (including phenoxy) is 1. The van der Waals surface area contributed by atoms with Gasteiger partial charge in [0.2, 0.25) is 0 Å². The molecule has 0 spiro atoms. The van der Waals surface area contributed by atoms with Crippen molar-refractivity contribution < 1.29 is 9.53 Å². The summed E-state index contributed by atoms with van der Waals surface area (Å²) in [5.74, 6) is 0.0250. The predicted molar refractivity (Wildman–Crippen MR) is 188 cm³/mol. The number of allylic oxidation sites excluding steroid dienone is 2. The Hall–Kier alpha value is -0.790. The zero-order chi connectivity index (χ0) is 30.4. The molecule has 0 N–H and O–H groups in total. The summed E-state index contributed by atoms with van der Waals surface area (Å²) in [6, 6.07) is 0. The van der Waals surface area contributed by atoms with E-state index in [0.717, 1.165) is 12.8 Å². The second kappa shape index (κ2) is 38.2. The highest BCUT2D eigenvalue weighted by Crippen LogP contribution is 2.15. The van der Waals surface area contributed by atoms with Crippen molar-refractivity contribution in [2.45, 2.75) is 232 Å². The molecule has 0 aliphatic heterocycles. The van der Waals surface area contributed by atoms with Crippen molar-refractivity contribution in [3.8, 4) is 0 Å².